The van der Waals surface area contributed by atoms with Gasteiger partial charge in [0.25, 0.3) is 0 Å². The van der Waals surface area contributed by atoms with Gasteiger partial charge in [0.15, 0.2) is 0 Å². The lowest BCUT2D eigenvalue weighted by Gasteiger charge is -2.34. The fourth-order valence-electron chi connectivity index (χ4n) is 4.54. The highest BCUT2D eigenvalue weighted by atomic mass is 32.1. The molecule has 0 unspecified atom stereocenters. The molecule has 2 aromatic rings. The van der Waals surface area contributed by atoms with E-state index in [0.29, 0.717) is 25.2 Å². The summed E-state index contributed by atoms with van der Waals surface area (Å²) < 4.78 is 0. The molecule has 1 radical (unpaired) electrons. The predicted octanol–water partition coefficient (Wildman–Crippen LogP) is -0.719. The minimum atomic E-state index is -1.06. The third-order valence-electron chi connectivity index (χ3n) is 6.83. The number of phenols is 1. The van der Waals surface area contributed by atoms with Gasteiger partial charge in [-0.2, -0.15) is 12.6 Å². The second-order valence-electron chi connectivity index (χ2n) is 9.94. The standard InChI is InChI=1S/C29H38N5O6S/c35-15-14-33-10-12-34(13-11-33)18-27(38)31-25(17-21-4-2-1-3-5-21)28(39)32-26(20-41)29(40)30-23(19-36)16-22-6-8-24(37)9-7-22/h1-9,23,25-26,35,37,41H,10-18,20H2,(H,30,40)(H,31,38)(H,32,39)/t23-,25+,26-/m0/s1. The van der Waals surface area contributed by atoms with Gasteiger partial charge in [-0.25, -0.2) is 0 Å². The Morgan fingerprint density at radius 3 is 2.05 bits per heavy atom. The van der Waals surface area contributed by atoms with Crippen LogP contribution in [0.3, 0.4) is 0 Å². The average Bonchev–Trinajstić information content (AvgIpc) is 2.97. The molecule has 41 heavy (non-hydrogen) atoms. The Bertz CT molecular complexity index is 1130. The summed E-state index contributed by atoms with van der Waals surface area (Å²) >= 11 is 4.22. The highest BCUT2D eigenvalue weighted by molar-refractivity contribution is 7.80. The SMILES string of the molecule is O=[C][C@H](Cc1ccc(O)cc1)NC(=O)[C@H](CS)NC(=O)[C@@H](Cc1ccccc1)NC(=O)CN1CCN(CCO)CC1. The van der Waals surface area contributed by atoms with Crippen LogP contribution < -0.4 is 16.0 Å². The molecule has 1 aliphatic rings. The summed E-state index contributed by atoms with van der Waals surface area (Å²) in [5, 5.41) is 26.6. The van der Waals surface area contributed by atoms with E-state index in [1.807, 2.05) is 35.2 Å². The van der Waals surface area contributed by atoms with Crippen molar-refractivity contribution in [3.63, 3.8) is 0 Å². The van der Waals surface area contributed by atoms with E-state index in [2.05, 4.69) is 33.5 Å². The molecule has 12 heteroatoms. The molecule has 11 nitrogen and oxygen atoms in total. The van der Waals surface area contributed by atoms with Crippen LogP contribution in [0.1, 0.15) is 11.1 Å². The summed E-state index contributed by atoms with van der Waals surface area (Å²) in [5.74, 6) is -1.42. The summed E-state index contributed by atoms with van der Waals surface area (Å²) in [4.78, 5) is 54.9. The number of hydrogen-bond acceptors (Lipinski definition) is 9. The van der Waals surface area contributed by atoms with Gasteiger partial charge in [-0.15, -0.1) is 0 Å². The normalized spacial score (nSPS) is 16.2. The third kappa shape index (κ3) is 10.8. The number of benzene rings is 2. The zero-order valence-electron chi connectivity index (χ0n) is 22.9. The van der Waals surface area contributed by atoms with Gasteiger partial charge in [-0.1, -0.05) is 42.5 Å². The molecule has 0 spiro atoms. The van der Waals surface area contributed by atoms with E-state index in [1.54, 1.807) is 18.4 Å². The van der Waals surface area contributed by atoms with Crippen molar-refractivity contribution in [2.75, 3.05) is 51.6 Å². The summed E-state index contributed by atoms with van der Waals surface area (Å²) in [6.45, 7) is 3.64. The number of carbonyl (C=O) groups is 3. The van der Waals surface area contributed by atoms with E-state index in [1.165, 1.54) is 12.1 Å². The largest absolute Gasteiger partial charge is 0.508 e. The molecule has 0 aliphatic carbocycles. The maximum Gasteiger partial charge on any atom is 0.244 e. The molecule has 1 fully saturated rings. The van der Waals surface area contributed by atoms with Crippen LogP contribution in [-0.2, 0) is 32.0 Å². The maximum atomic E-state index is 13.4. The molecule has 0 aromatic heterocycles. The van der Waals surface area contributed by atoms with E-state index in [9.17, 15) is 24.3 Å². The number of aromatic hydroxyl groups is 1. The van der Waals surface area contributed by atoms with Crippen molar-refractivity contribution < 1.29 is 29.4 Å². The monoisotopic (exact) mass is 584 g/mol. The van der Waals surface area contributed by atoms with Crippen LogP contribution in [0.4, 0.5) is 0 Å². The molecule has 3 amide bonds. The van der Waals surface area contributed by atoms with E-state index in [0.717, 1.165) is 18.7 Å². The maximum absolute atomic E-state index is 13.4. The van der Waals surface area contributed by atoms with Crippen molar-refractivity contribution in [3.05, 3.63) is 65.7 Å². The highest BCUT2D eigenvalue weighted by Gasteiger charge is 2.28. The fourth-order valence-corrected chi connectivity index (χ4v) is 4.80. The summed E-state index contributed by atoms with van der Waals surface area (Å²) in [6.07, 6.45) is 2.17. The van der Waals surface area contributed by atoms with Crippen LogP contribution in [0.2, 0.25) is 0 Å². The number of aliphatic hydroxyl groups excluding tert-OH is 1. The number of hydrogen-bond donors (Lipinski definition) is 6. The van der Waals surface area contributed by atoms with Gasteiger partial charge in [-0.05, 0) is 23.3 Å². The molecule has 0 saturated carbocycles. The number of phenolic OH excluding ortho intramolecular Hbond substituents is 1. The number of rotatable bonds is 15. The number of β-amino-alcohol motifs (C(OH)–C–C–N with tert-alkyl or cyclic N) is 1. The van der Waals surface area contributed by atoms with Crippen molar-refractivity contribution >= 4 is 36.6 Å². The lowest BCUT2D eigenvalue weighted by molar-refractivity contribution is -0.132. The van der Waals surface area contributed by atoms with Gasteiger partial charge in [-0.3, -0.25) is 29.0 Å². The van der Waals surface area contributed by atoms with Crippen molar-refractivity contribution in [1.82, 2.24) is 25.8 Å². The summed E-state index contributed by atoms with van der Waals surface area (Å²) in [7, 11) is 0. The Kier molecular flexibility index (Phi) is 13.1. The number of thiol groups is 1. The molecule has 1 heterocycles. The first-order valence-electron chi connectivity index (χ1n) is 13.6. The Labute approximate surface area is 245 Å². The van der Waals surface area contributed by atoms with Gasteiger partial charge in [0.2, 0.25) is 24.0 Å². The van der Waals surface area contributed by atoms with Crippen molar-refractivity contribution in [1.29, 1.82) is 0 Å². The quantitative estimate of drug-likeness (QED) is 0.150. The topological polar surface area (TPSA) is 151 Å². The average molecular weight is 585 g/mol. The number of nitrogens with zero attached hydrogens (tertiary/aromatic N) is 2. The van der Waals surface area contributed by atoms with Gasteiger partial charge in [0.1, 0.15) is 17.8 Å². The van der Waals surface area contributed by atoms with Gasteiger partial charge in [0.05, 0.1) is 19.2 Å². The number of amides is 3. The first-order chi connectivity index (χ1) is 19.8. The van der Waals surface area contributed by atoms with Crippen LogP contribution >= 0.6 is 12.6 Å². The summed E-state index contributed by atoms with van der Waals surface area (Å²) in [6, 6.07) is 12.5. The minimum absolute atomic E-state index is 0.0352. The Hall–Kier alpha value is -3.45. The summed E-state index contributed by atoms with van der Waals surface area (Å²) in [5.41, 5.74) is 1.55. The first kappa shape index (κ1) is 32.1. The Morgan fingerprint density at radius 1 is 0.829 bits per heavy atom. The van der Waals surface area contributed by atoms with Crippen LogP contribution in [0.25, 0.3) is 0 Å². The predicted molar refractivity (Wildman–Crippen MR) is 157 cm³/mol. The van der Waals surface area contributed by atoms with Crippen LogP contribution in [0.15, 0.2) is 54.6 Å². The minimum Gasteiger partial charge on any atom is -0.508 e. The van der Waals surface area contributed by atoms with Gasteiger partial charge >= 0.3 is 0 Å². The van der Waals surface area contributed by atoms with E-state index < -0.39 is 29.9 Å². The van der Waals surface area contributed by atoms with Crippen LogP contribution in [0, 0.1) is 0 Å². The molecule has 5 N–H and O–H groups in total. The van der Waals surface area contributed by atoms with E-state index in [4.69, 9.17) is 5.11 Å². The molecule has 3 rings (SSSR count). The lowest BCUT2D eigenvalue weighted by Crippen LogP contribution is -2.57. The van der Waals surface area contributed by atoms with Crippen molar-refractivity contribution in [2.45, 2.75) is 31.0 Å². The Morgan fingerprint density at radius 2 is 1.44 bits per heavy atom. The zero-order valence-corrected chi connectivity index (χ0v) is 23.8. The Balaban J connectivity index is 1.61. The van der Waals surface area contributed by atoms with E-state index >= 15 is 0 Å². The molecule has 221 valence electrons. The third-order valence-corrected chi connectivity index (χ3v) is 7.20. The van der Waals surface area contributed by atoms with Gasteiger partial charge in [0, 0.05) is 51.3 Å². The number of carbonyl (C=O) groups excluding carboxylic acids is 4. The first-order valence-corrected chi connectivity index (χ1v) is 14.2. The molecule has 1 saturated heterocycles. The molecular formula is C29H38N5O6S. The lowest BCUT2D eigenvalue weighted by atomic mass is 10.0. The van der Waals surface area contributed by atoms with Gasteiger partial charge < -0.3 is 26.2 Å². The smallest absolute Gasteiger partial charge is 0.244 e. The molecular weight excluding hydrogens is 546 g/mol. The van der Waals surface area contributed by atoms with Crippen molar-refractivity contribution in [2.24, 2.45) is 0 Å². The second kappa shape index (κ2) is 16.7. The van der Waals surface area contributed by atoms with Crippen LogP contribution in [-0.4, -0.2) is 114 Å². The molecule has 1 aliphatic heterocycles. The molecule has 0 bridgehead atoms. The van der Waals surface area contributed by atoms with Crippen molar-refractivity contribution in [3.8, 4) is 5.75 Å². The second-order valence-corrected chi connectivity index (χ2v) is 10.3. The number of aliphatic hydroxyl groups is 1. The van der Waals surface area contributed by atoms with Crippen LogP contribution in [0.5, 0.6) is 5.75 Å². The van der Waals surface area contributed by atoms with E-state index in [-0.39, 0.29) is 43.4 Å². The number of piperazine rings is 1. The molecule has 2 aromatic carbocycles. The number of nitrogens with one attached hydrogen (secondary N) is 3. The fraction of sp³-hybridized carbons (Fsp3) is 0.448. The molecule has 3 atom stereocenters. The highest BCUT2D eigenvalue weighted by Crippen LogP contribution is 2.11. The zero-order chi connectivity index (χ0) is 29.6.